The Bertz CT molecular complexity index is 1060. The molecule has 0 aliphatic carbocycles. The molecule has 0 amide bonds. The van der Waals surface area contributed by atoms with Crippen molar-refractivity contribution in [3.8, 4) is 22.8 Å². The zero-order chi connectivity index (χ0) is 19.3. The normalized spacial score (nSPS) is 10.8. The highest BCUT2D eigenvalue weighted by atomic mass is 32.2. The van der Waals surface area contributed by atoms with Crippen LogP contribution in [-0.2, 0) is 5.75 Å². The van der Waals surface area contributed by atoms with Crippen LogP contribution in [-0.4, -0.2) is 21.9 Å². The fourth-order valence-electron chi connectivity index (χ4n) is 2.88. The van der Waals surface area contributed by atoms with E-state index in [-0.39, 0.29) is 5.82 Å². The Hall–Kier alpha value is -3.12. The molecule has 0 spiro atoms. The summed E-state index contributed by atoms with van der Waals surface area (Å²) in [5.74, 6) is 1.90. The van der Waals surface area contributed by atoms with Crippen LogP contribution in [0.5, 0.6) is 5.75 Å². The fraction of sp³-hybridized carbons (Fsp3) is 0.0909. The van der Waals surface area contributed by atoms with Crippen molar-refractivity contribution < 1.29 is 9.13 Å². The molecule has 28 heavy (non-hydrogen) atoms. The molecule has 4 nitrogen and oxygen atoms in total. The summed E-state index contributed by atoms with van der Waals surface area (Å²) in [7, 11) is 1.64. The maximum absolute atomic E-state index is 13.5. The number of thioether (sulfide) groups is 1. The van der Waals surface area contributed by atoms with Crippen LogP contribution in [0.25, 0.3) is 17.1 Å². The number of aromatic nitrogens is 3. The third-order valence-corrected chi connectivity index (χ3v) is 5.25. The number of halogens is 1. The summed E-state index contributed by atoms with van der Waals surface area (Å²) in [5, 5.41) is 9.57. The maximum Gasteiger partial charge on any atom is 0.196 e. The lowest BCUT2D eigenvalue weighted by Gasteiger charge is -2.11. The Morgan fingerprint density at radius 3 is 2.43 bits per heavy atom. The molecule has 140 valence electrons. The molecule has 0 bridgehead atoms. The third-order valence-electron chi connectivity index (χ3n) is 4.25. The molecule has 1 aromatic heterocycles. The van der Waals surface area contributed by atoms with Gasteiger partial charge < -0.3 is 4.74 Å². The van der Waals surface area contributed by atoms with Gasteiger partial charge in [-0.25, -0.2) is 4.39 Å². The van der Waals surface area contributed by atoms with E-state index in [1.165, 1.54) is 17.8 Å². The van der Waals surface area contributed by atoms with Gasteiger partial charge in [0.2, 0.25) is 0 Å². The minimum absolute atomic E-state index is 0.236. The third kappa shape index (κ3) is 3.92. The van der Waals surface area contributed by atoms with Crippen molar-refractivity contribution in [2.45, 2.75) is 10.9 Å². The first-order chi connectivity index (χ1) is 13.7. The number of benzene rings is 3. The van der Waals surface area contributed by atoms with Crippen molar-refractivity contribution >= 4 is 11.8 Å². The first-order valence-electron chi connectivity index (χ1n) is 8.77. The van der Waals surface area contributed by atoms with Crippen molar-refractivity contribution in [2.24, 2.45) is 0 Å². The second-order valence-electron chi connectivity index (χ2n) is 6.12. The zero-order valence-corrected chi connectivity index (χ0v) is 16.1. The standard InChI is InChI=1S/C22H18FN3OS/c1-27-20-12-10-19(11-13-20)26-21(17-7-3-2-4-8-17)24-25-22(26)28-15-16-6-5-9-18(23)14-16/h2-14H,15H2,1H3. The molecular formula is C22H18FN3OS. The highest BCUT2D eigenvalue weighted by molar-refractivity contribution is 7.98. The van der Waals surface area contributed by atoms with Gasteiger partial charge in [0.1, 0.15) is 11.6 Å². The van der Waals surface area contributed by atoms with Crippen molar-refractivity contribution in [1.82, 2.24) is 14.8 Å². The van der Waals surface area contributed by atoms with Gasteiger partial charge in [-0.3, -0.25) is 4.57 Å². The highest BCUT2D eigenvalue weighted by Gasteiger charge is 2.16. The van der Waals surface area contributed by atoms with Gasteiger partial charge in [0, 0.05) is 17.0 Å². The molecule has 1 heterocycles. The number of nitrogens with zero attached hydrogens (tertiary/aromatic N) is 3. The van der Waals surface area contributed by atoms with E-state index < -0.39 is 0 Å². The highest BCUT2D eigenvalue weighted by Crippen LogP contribution is 2.30. The average molecular weight is 391 g/mol. The minimum atomic E-state index is -0.236. The van der Waals surface area contributed by atoms with E-state index in [4.69, 9.17) is 4.74 Å². The van der Waals surface area contributed by atoms with Gasteiger partial charge in [-0.15, -0.1) is 10.2 Å². The Labute approximate surface area is 167 Å². The number of methoxy groups -OCH3 is 1. The molecule has 6 heteroatoms. The topological polar surface area (TPSA) is 39.9 Å². The smallest absolute Gasteiger partial charge is 0.196 e. The van der Waals surface area contributed by atoms with Gasteiger partial charge in [-0.05, 0) is 42.0 Å². The predicted molar refractivity (Wildman–Crippen MR) is 109 cm³/mol. The van der Waals surface area contributed by atoms with E-state index in [0.717, 1.165) is 33.5 Å². The van der Waals surface area contributed by atoms with Crippen LogP contribution in [0.3, 0.4) is 0 Å². The molecular weight excluding hydrogens is 373 g/mol. The van der Waals surface area contributed by atoms with E-state index in [2.05, 4.69) is 10.2 Å². The van der Waals surface area contributed by atoms with Crippen LogP contribution >= 0.6 is 11.8 Å². The summed E-state index contributed by atoms with van der Waals surface area (Å²) in [6.45, 7) is 0. The summed E-state index contributed by atoms with van der Waals surface area (Å²) >= 11 is 1.52. The Morgan fingerprint density at radius 1 is 0.929 bits per heavy atom. The van der Waals surface area contributed by atoms with Crippen molar-refractivity contribution in [2.75, 3.05) is 7.11 Å². The molecule has 0 atom stereocenters. The first kappa shape index (κ1) is 18.3. The van der Waals surface area contributed by atoms with Gasteiger partial charge in [0.05, 0.1) is 7.11 Å². The van der Waals surface area contributed by atoms with Crippen molar-refractivity contribution in [1.29, 1.82) is 0 Å². The first-order valence-corrected chi connectivity index (χ1v) is 9.75. The molecule has 0 N–H and O–H groups in total. The zero-order valence-electron chi connectivity index (χ0n) is 15.2. The molecule has 0 unspecified atom stereocenters. The molecule has 0 saturated heterocycles. The summed E-state index contributed by atoms with van der Waals surface area (Å²) in [6, 6.07) is 24.3. The Morgan fingerprint density at radius 2 is 1.71 bits per heavy atom. The van der Waals surface area contributed by atoms with E-state index in [1.54, 1.807) is 19.2 Å². The average Bonchev–Trinajstić information content (AvgIpc) is 3.17. The second-order valence-corrected chi connectivity index (χ2v) is 7.07. The van der Waals surface area contributed by atoms with Crippen molar-refractivity contribution in [3.05, 3.63) is 90.2 Å². The molecule has 0 aliphatic heterocycles. The van der Waals surface area contributed by atoms with E-state index >= 15 is 0 Å². The minimum Gasteiger partial charge on any atom is -0.497 e. The summed E-state index contributed by atoms with van der Waals surface area (Å²) in [4.78, 5) is 0. The fourth-order valence-corrected chi connectivity index (χ4v) is 3.77. The predicted octanol–water partition coefficient (Wildman–Crippen LogP) is 5.37. The van der Waals surface area contributed by atoms with Crippen LogP contribution in [0.2, 0.25) is 0 Å². The van der Waals surface area contributed by atoms with Gasteiger partial charge in [-0.2, -0.15) is 0 Å². The maximum atomic E-state index is 13.5. The van der Waals surface area contributed by atoms with Gasteiger partial charge in [0.15, 0.2) is 11.0 Å². The molecule has 4 aromatic rings. The van der Waals surface area contributed by atoms with Crippen LogP contribution in [0.4, 0.5) is 4.39 Å². The van der Waals surface area contributed by atoms with Gasteiger partial charge >= 0.3 is 0 Å². The van der Waals surface area contributed by atoms with Crippen LogP contribution < -0.4 is 4.74 Å². The summed E-state index contributed by atoms with van der Waals surface area (Å²) in [5.41, 5.74) is 2.81. The van der Waals surface area contributed by atoms with Gasteiger partial charge in [0.25, 0.3) is 0 Å². The number of ether oxygens (including phenoxy) is 1. The molecule has 3 aromatic carbocycles. The summed E-state index contributed by atoms with van der Waals surface area (Å²) in [6.07, 6.45) is 0. The van der Waals surface area contributed by atoms with E-state index in [1.807, 2.05) is 65.2 Å². The summed E-state index contributed by atoms with van der Waals surface area (Å²) < 4.78 is 20.8. The SMILES string of the molecule is COc1ccc(-n2c(SCc3cccc(F)c3)nnc2-c2ccccc2)cc1. The number of rotatable bonds is 6. The van der Waals surface area contributed by atoms with Crippen LogP contribution in [0.1, 0.15) is 5.56 Å². The lowest BCUT2D eigenvalue weighted by molar-refractivity contribution is 0.414. The quantitative estimate of drug-likeness (QED) is 0.414. The molecule has 0 fully saturated rings. The van der Waals surface area contributed by atoms with E-state index in [9.17, 15) is 4.39 Å². The van der Waals surface area contributed by atoms with Crippen LogP contribution in [0, 0.1) is 5.82 Å². The largest absolute Gasteiger partial charge is 0.497 e. The lowest BCUT2D eigenvalue weighted by Crippen LogP contribution is -2.00. The Balaban J connectivity index is 1.72. The van der Waals surface area contributed by atoms with Crippen molar-refractivity contribution in [3.63, 3.8) is 0 Å². The van der Waals surface area contributed by atoms with Crippen LogP contribution in [0.15, 0.2) is 84.0 Å². The second kappa shape index (κ2) is 8.27. The van der Waals surface area contributed by atoms with E-state index in [0.29, 0.717) is 5.75 Å². The molecule has 4 rings (SSSR count). The molecule has 0 aliphatic rings. The molecule has 0 radical (unpaired) electrons. The lowest BCUT2D eigenvalue weighted by atomic mass is 10.2. The Kier molecular flexibility index (Phi) is 5.39. The number of hydrogen-bond acceptors (Lipinski definition) is 4. The molecule has 0 saturated carbocycles. The van der Waals surface area contributed by atoms with Gasteiger partial charge in [-0.1, -0.05) is 54.2 Å². The number of hydrogen-bond donors (Lipinski definition) is 0. The monoisotopic (exact) mass is 391 g/mol.